The zero-order valence-electron chi connectivity index (χ0n) is 7.92. The first-order valence-electron chi connectivity index (χ1n) is 4.29. The Morgan fingerprint density at radius 2 is 2.27 bits per heavy atom. The molecule has 0 saturated heterocycles. The van der Waals surface area contributed by atoms with Crippen LogP contribution in [0.4, 0.5) is 10.8 Å². The van der Waals surface area contributed by atoms with E-state index in [1.54, 1.807) is 11.3 Å². The highest BCUT2D eigenvalue weighted by Gasteiger charge is 2.03. The lowest BCUT2D eigenvalue weighted by atomic mass is 10.2. The first kappa shape index (κ1) is 11.3. The van der Waals surface area contributed by atoms with E-state index in [0.717, 1.165) is 15.4 Å². The molecule has 0 aliphatic heterocycles. The molecule has 1 aromatic carbocycles. The van der Waals surface area contributed by atoms with Gasteiger partial charge in [-0.1, -0.05) is 6.07 Å². The van der Waals surface area contributed by atoms with Gasteiger partial charge in [-0.05, 0) is 63.1 Å². The van der Waals surface area contributed by atoms with Gasteiger partial charge >= 0.3 is 0 Å². The Morgan fingerprint density at radius 1 is 1.47 bits per heavy atom. The van der Waals surface area contributed by atoms with Crippen LogP contribution >= 0.6 is 49.9 Å². The second-order valence-electron chi connectivity index (χ2n) is 3.06. The number of thiazole rings is 1. The van der Waals surface area contributed by atoms with Crippen molar-refractivity contribution in [3.63, 3.8) is 0 Å². The molecule has 1 heterocycles. The first-order chi connectivity index (χ1) is 7.15. The monoisotopic (exact) mass is 394 g/mol. The summed E-state index contributed by atoms with van der Waals surface area (Å²) in [5.41, 5.74) is 2.34. The molecule has 0 amide bonds. The molecule has 1 aromatic heterocycles. The highest BCUT2D eigenvalue weighted by Crippen LogP contribution is 2.26. The summed E-state index contributed by atoms with van der Waals surface area (Å²) in [7, 11) is 0. The van der Waals surface area contributed by atoms with Gasteiger partial charge in [0.25, 0.3) is 0 Å². The lowest BCUT2D eigenvalue weighted by Crippen LogP contribution is -1.92. The van der Waals surface area contributed by atoms with Crippen molar-refractivity contribution in [1.29, 1.82) is 0 Å². The molecule has 0 radical (unpaired) electrons. The van der Waals surface area contributed by atoms with E-state index >= 15 is 0 Å². The molecule has 0 spiro atoms. The smallest absolute Gasteiger partial charge is 0.188 e. The zero-order chi connectivity index (χ0) is 10.8. The van der Waals surface area contributed by atoms with Gasteiger partial charge in [-0.2, -0.15) is 0 Å². The predicted octanol–water partition coefficient (Wildman–Crippen LogP) is 4.56. The van der Waals surface area contributed by atoms with Crippen LogP contribution in [0.1, 0.15) is 5.56 Å². The topological polar surface area (TPSA) is 24.9 Å². The molecule has 1 N–H and O–H groups in total. The molecule has 0 bridgehead atoms. The van der Waals surface area contributed by atoms with Gasteiger partial charge in [0.15, 0.2) is 5.13 Å². The van der Waals surface area contributed by atoms with Gasteiger partial charge in [0.2, 0.25) is 0 Å². The Bertz CT molecular complexity index is 484. The highest BCUT2D eigenvalue weighted by atomic mass is 127. The van der Waals surface area contributed by atoms with Crippen molar-refractivity contribution in [2.45, 2.75) is 6.92 Å². The van der Waals surface area contributed by atoms with Crippen molar-refractivity contribution < 1.29 is 0 Å². The standard InChI is InChI=1S/C10H8BrIN2S/c1-6-2-3-7(12)4-8(6)13-10-14-9(11)5-15-10/h2-5H,1H3,(H,13,14). The Hall–Kier alpha value is -0.140. The normalized spacial score (nSPS) is 10.3. The number of aryl methyl sites for hydroxylation is 1. The first-order valence-corrected chi connectivity index (χ1v) is 7.04. The van der Waals surface area contributed by atoms with Crippen LogP contribution in [0.25, 0.3) is 0 Å². The quantitative estimate of drug-likeness (QED) is 0.755. The minimum atomic E-state index is 0.873. The third kappa shape index (κ3) is 2.92. The number of nitrogens with zero attached hydrogens (tertiary/aromatic N) is 1. The summed E-state index contributed by atoms with van der Waals surface area (Å²) >= 11 is 7.23. The van der Waals surface area contributed by atoms with Crippen LogP contribution in [0.2, 0.25) is 0 Å². The van der Waals surface area contributed by atoms with Crippen LogP contribution in [0, 0.1) is 10.5 Å². The minimum absolute atomic E-state index is 0.873. The molecule has 0 unspecified atom stereocenters. The number of rotatable bonds is 2. The average Bonchev–Trinajstić information content (AvgIpc) is 2.58. The number of hydrogen-bond donors (Lipinski definition) is 1. The second-order valence-corrected chi connectivity index (χ2v) is 5.98. The summed E-state index contributed by atoms with van der Waals surface area (Å²) in [5, 5.41) is 6.18. The van der Waals surface area contributed by atoms with Crippen molar-refractivity contribution in [3.8, 4) is 0 Å². The van der Waals surface area contributed by atoms with E-state index in [2.05, 4.69) is 73.9 Å². The van der Waals surface area contributed by atoms with E-state index in [9.17, 15) is 0 Å². The van der Waals surface area contributed by atoms with Gasteiger partial charge in [0.05, 0.1) is 0 Å². The van der Waals surface area contributed by atoms with E-state index in [-0.39, 0.29) is 0 Å². The molecule has 0 saturated carbocycles. The molecular weight excluding hydrogens is 387 g/mol. The molecule has 0 aliphatic carbocycles. The number of nitrogens with one attached hydrogen (secondary N) is 1. The summed E-state index contributed by atoms with van der Waals surface area (Å²) < 4.78 is 2.09. The zero-order valence-corrected chi connectivity index (χ0v) is 12.5. The molecule has 5 heteroatoms. The highest BCUT2D eigenvalue weighted by molar-refractivity contribution is 14.1. The van der Waals surface area contributed by atoms with Crippen LogP contribution in [0.3, 0.4) is 0 Å². The molecule has 0 atom stereocenters. The number of benzene rings is 1. The molecule has 2 nitrogen and oxygen atoms in total. The average molecular weight is 395 g/mol. The summed E-state index contributed by atoms with van der Waals surface area (Å²) in [5.74, 6) is 0. The molecule has 15 heavy (non-hydrogen) atoms. The van der Waals surface area contributed by atoms with E-state index in [0.29, 0.717) is 0 Å². The molecule has 2 aromatic rings. The van der Waals surface area contributed by atoms with Crippen molar-refractivity contribution >= 4 is 60.7 Å². The summed E-state index contributed by atoms with van der Waals surface area (Å²) in [4.78, 5) is 4.30. The maximum Gasteiger partial charge on any atom is 0.188 e. The third-order valence-corrected chi connectivity index (χ3v) is 4.06. The molecular formula is C10H8BrIN2S. The third-order valence-electron chi connectivity index (χ3n) is 1.92. The summed E-state index contributed by atoms with van der Waals surface area (Å²) in [6.45, 7) is 2.08. The summed E-state index contributed by atoms with van der Waals surface area (Å²) in [6, 6.07) is 6.32. The van der Waals surface area contributed by atoms with E-state index in [1.165, 1.54) is 9.13 Å². The van der Waals surface area contributed by atoms with Gasteiger partial charge < -0.3 is 5.32 Å². The maximum absolute atomic E-state index is 4.30. The predicted molar refractivity (Wildman–Crippen MR) is 77.0 cm³/mol. The van der Waals surface area contributed by atoms with E-state index in [4.69, 9.17) is 0 Å². The van der Waals surface area contributed by atoms with Crippen LogP contribution in [0.15, 0.2) is 28.2 Å². The fourth-order valence-corrected chi connectivity index (χ4v) is 2.80. The Balaban J connectivity index is 2.27. The number of hydrogen-bond acceptors (Lipinski definition) is 3. The Labute approximate surface area is 114 Å². The Kier molecular flexibility index (Phi) is 3.63. The minimum Gasteiger partial charge on any atom is -0.331 e. The van der Waals surface area contributed by atoms with Gasteiger partial charge in [0, 0.05) is 14.6 Å². The fraction of sp³-hybridized carbons (Fsp3) is 0.100. The largest absolute Gasteiger partial charge is 0.331 e. The van der Waals surface area contributed by atoms with Crippen molar-refractivity contribution in [2.24, 2.45) is 0 Å². The van der Waals surface area contributed by atoms with Gasteiger partial charge in [0.1, 0.15) is 4.60 Å². The van der Waals surface area contributed by atoms with Gasteiger partial charge in [-0.3, -0.25) is 0 Å². The van der Waals surface area contributed by atoms with Crippen molar-refractivity contribution in [1.82, 2.24) is 4.98 Å². The Morgan fingerprint density at radius 3 is 2.93 bits per heavy atom. The summed E-state index contributed by atoms with van der Waals surface area (Å²) in [6.07, 6.45) is 0. The lowest BCUT2D eigenvalue weighted by molar-refractivity contribution is 1.33. The van der Waals surface area contributed by atoms with Crippen LogP contribution in [0.5, 0.6) is 0 Å². The number of halogens is 2. The van der Waals surface area contributed by atoms with E-state index < -0.39 is 0 Å². The molecule has 2 rings (SSSR count). The maximum atomic E-state index is 4.30. The number of anilines is 2. The van der Waals surface area contributed by atoms with Crippen LogP contribution in [-0.2, 0) is 0 Å². The second kappa shape index (κ2) is 4.80. The van der Waals surface area contributed by atoms with Crippen LogP contribution < -0.4 is 5.32 Å². The molecule has 78 valence electrons. The van der Waals surface area contributed by atoms with Crippen molar-refractivity contribution in [3.05, 3.63) is 37.3 Å². The van der Waals surface area contributed by atoms with Crippen LogP contribution in [-0.4, -0.2) is 4.98 Å². The molecule has 0 aliphatic rings. The SMILES string of the molecule is Cc1ccc(I)cc1Nc1nc(Br)cs1. The van der Waals surface area contributed by atoms with Crippen molar-refractivity contribution in [2.75, 3.05) is 5.32 Å². The fourth-order valence-electron chi connectivity index (χ4n) is 1.16. The van der Waals surface area contributed by atoms with Gasteiger partial charge in [-0.15, -0.1) is 11.3 Å². The number of aromatic nitrogens is 1. The van der Waals surface area contributed by atoms with E-state index in [1.807, 2.05) is 5.38 Å². The van der Waals surface area contributed by atoms with Gasteiger partial charge in [-0.25, -0.2) is 4.98 Å². The lowest BCUT2D eigenvalue weighted by Gasteiger charge is -2.06. The molecule has 0 fully saturated rings.